The Morgan fingerprint density at radius 3 is 2.00 bits per heavy atom. The van der Waals surface area contributed by atoms with Crippen LogP contribution in [0.5, 0.6) is 0 Å². The Kier molecular flexibility index (Phi) is 4.31. The minimum Gasteiger partial charge on any atom is -0.203 e. The highest BCUT2D eigenvalue weighted by atomic mass is 32.2. The van der Waals surface area contributed by atoms with Gasteiger partial charge in [-0.25, -0.2) is 17.6 Å². The van der Waals surface area contributed by atoms with Gasteiger partial charge in [0.2, 0.25) is 0 Å². The molecule has 0 saturated heterocycles. The van der Waals surface area contributed by atoms with E-state index in [4.69, 9.17) is 5.26 Å². The van der Waals surface area contributed by atoms with Crippen LogP contribution in [0.4, 0.5) is 17.6 Å². The van der Waals surface area contributed by atoms with Gasteiger partial charge in [0.25, 0.3) is 0 Å². The minimum atomic E-state index is -1.55. The fourth-order valence-corrected chi connectivity index (χ4v) is 2.91. The number of nitriles is 1. The van der Waals surface area contributed by atoms with E-state index >= 15 is 0 Å². The van der Waals surface area contributed by atoms with E-state index in [9.17, 15) is 17.6 Å². The fourth-order valence-electron chi connectivity index (χ4n) is 2.46. The van der Waals surface area contributed by atoms with Crippen LogP contribution in [0.15, 0.2) is 29.2 Å². The molecule has 0 aliphatic heterocycles. The van der Waals surface area contributed by atoms with Gasteiger partial charge in [0.05, 0.1) is 10.5 Å². The predicted molar refractivity (Wildman–Crippen MR) is 79.6 cm³/mol. The van der Waals surface area contributed by atoms with Crippen molar-refractivity contribution in [2.24, 2.45) is 5.92 Å². The summed E-state index contributed by atoms with van der Waals surface area (Å²) >= 11 is 0.0525. The van der Waals surface area contributed by atoms with Crippen molar-refractivity contribution in [3.63, 3.8) is 0 Å². The van der Waals surface area contributed by atoms with Crippen LogP contribution in [0.3, 0.4) is 0 Å². The number of nitrogens with zero attached hydrogens (tertiary/aromatic N) is 1. The summed E-state index contributed by atoms with van der Waals surface area (Å²) in [6.07, 6.45) is 3.25. The van der Waals surface area contributed by atoms with Gasteiger partial charge in [-0.05, 0) is 48.1 Å². The number of rotatable bonds is 4. The van der Waals surface area contributed by atoms with E-state index in [-0.39, 0.29) is 17.3 Å². The molecule has 6 heteroatoms. The summed E-state index contributed by atoms with van der Waals surface area (Å²) in [5.41, 5.74) is 0.334. The molecule has 1 nitrogen and oxygen atoms in total. The van der Waals surface area contributed by atoms with Gasteiger partial charge < -0.3 is 0 Å². The van der Waals surface area contributed by atoms with Crippen LogP contribution < -0.4 is 0 Å². The molecule has 0 atom stereocenters. The zero-order chi connectivity index (χ0) is 16.6. The van der Waals surface area contributed by atoms with Gasteiger partial charge >= 0.3 is 0 Å². The lowest BCUT2D eigenvalue weighted by atomic mass is 10.0. The molecule has 0 spiro atoms. The lowest BCUT2D eigenvalue weighted by Crippen LogP contribution is -2.02. The standard InChI is InChI=1S/C17H11F4NS/c18-13-12(14(19)16(21)17(15(13)20)23-8-22)11-5-3-10(4-6-11)7-9-1-2-9/h3-6,9H,1-2,7H2. The first-order valence-electron chi connectivity index (χ1n) is 7.04. The quantitative estimate of drug-likeness (QED) is 0.321. The van der Waals surface area contributed by atoms with Crippen molar-refractivity contribution in [3.8, 4) is 16.5 Å². The van der Waals surface area contributed by atoms with Crippen LogP contribution in [-0.4, -0.2) is 0 Å². The van der Waals surface area contributed by atoms with Gasteiger partial charge in [-0.3, -0.25) is 0 Å². The second kappa shape index (κ2) is 6.25. The number of hydrogen-bond donors (Lipinski definition) is 0. The summed E-state index contributed by atoms with van der Waals surface area (Å²) in [4.78, 5) is -0.961. The third-order valence-electron chi connectivity index (χ3n) is 3.83. The third-order valence-corrected chi connectivity index (χ3v) is 4.49. The molecule has 118 valence electrons. The van der Waals surface area contributed by atoms with Crippen molar-refractivity contribution in [1.82, 2.24) is 0 Å². The molecule has 0 aromatic heterocycles. The first kappa shape index (κ1) is 15.9. The number of hydrogen-bond acceptors (Lipinski definition) is 2. The fraction of sp³-hybridized carbons (Fsp3) is 0.235. The maximum Gasteiger partial charge on any atom is 0.177 e. The Balaban J connectivity index is 2.03. The van der Waals surface area contributed by atoms with Crippen LogP contribution >= 0.6 is 11.8 Å². The van der Waals surface area contributed by atoms with Crippen molar-refractivity contribution >= 4 is 11.8 Å². The average Bonchev–Trinajstić information content (AvgIpc) is 3.35. The zero-order valence-electron chi connectivity index (χ0n) is 11.9. The first-order valence-corrected chi connectivity index (χ1v) is 7.85. The first-order chi connectivity index (χ1) is 11.0. The van der Waals surface area contributed by atoms with Gasteiger partial charge in [-0.15, -0.1) is 0 Å². The van der Waals surface area contributed by atoms with Crippen LogP contribution in [0.25, 0.3) is 11.1 Å². The van der Waals surface area contributed by atoms with E-state index in [1.54, 1.807) is 12.1 Å². The Bertz CT molecular complexity index is 763. The molecule has 0 heterocycles. The topological polar surface area (TPSA) is 23.8 Å². The van der Waals surface area contributed by atoms with E-state index < -0.39 is 33.7 Å². The molecular formula is C17H11F4NS. The van der Waals surface area contributed by atoms with Crippen molar-refractivity contribution in [2.75, 3.05) is 0 Å². The van der Waals surface area contributed by atoms with Crippen LogP contribution in [-0.2, 0) is 6.42 Å². The maximum atomic E-state index is 14.1. The minimum absolute atomic E-state index is 0.0525. The molecule has 0 radical (unpaired) electrons. The molecule has 0 unspecified atom stereocenters. The molecular weight excluding hydrogens is 326 g/mol. The highest BCUT2D eigenvalue weighted by molar-refractivity contribution is 8.03. The zero-order valence-corrected chi connectivity index (χ0v) is 12.7. The normalized spacial score (nSPS) is 13.9. The smallest absolute Gasteiger partial charge is 0.177 e. The van der Waals surface area contributed by atoms with Gasteiger partial charge in [0.1, 0.15) is 5.40 Å². The second-order valence-electron chi connectivity index (χ2n) is 5.50. The molecule has 0 amide bonds. The predicted octanol–water partition coefficient (Wildman–Crippen LogP) is 5.44. The van der Waals surface area contributed by atoms with Crippen LogP contribution in [0.1, 0.15) is 18.4 Å². The van der Waals surface area contributed by atoms with Gasteiger partial charge in [-0.1, -0.05) is 24.3 Å². The lowest BCUT2D eigenvalue weighted by Gasteiger charge is -2.11. The molecule has 1 aliphatic rings. The van der Waals surface area contributed by atoms with E-state index in [1.807, 2.05) is 0 Å². The molecule has 0 bridgehead atoms. The van der Waals surface area contributed by atoms with E-state index in [0.29, 0.717) is 5.92 Å². The summed E-state index contributed by atoms with van der Waals surface area (Å²) in [5, 5.41) is 9.89. The van der Waals surface area contributed by atoms with Crippen molar-refractivity contribution in [1.29, 1.82) is 5.26 Å². The van der Waals surface area contributed by atoms with E-state index in [0.717, 1.165) is 12.0 Å². The molecule has 0 N–H and O–H groups in total. The maximum absolute atomic E-state index is 14.1. The summed E-state index contributed by atoms with van der Waals surface area (Å²) in [6, 6.07) is 6.32. The number of thioether (sulfide) groups is 1. The van der Waals surface area contributed by atoms with E-state index in [1.165, 1.54) is 30.4 Å². The Morgan fingerprint density at radius 2 is 1.52 bits per heavy atom. The third kappa shape index (κ3) is 3.06. The van der Waals surface area contributed by atoms with Crippen LogP contribution in [0.2, 0.25) is 0 Å². The van der Waals surface area contributed by atoms with Crippen LogP contribution in [0, 0.1) is 39.8 Å². The SMILES string of the molecule is N#CSc1c(F)c(F)c(-c2ccc(CC3CC3)cc2)c(F)c1F. The van der Waals surface area contributed by atoms with Crippen molar-refractivity contribution in [2.45, 2.75) is 24.2 Å². The molecule has 2 aromatic rings. The number of thiocyanates is 1. The summed E-state index contributed by atoms with van der Waals surface area (Å²) in [6.45, 7) is 0. The molecule has 1 saturated carbocycles. The Labute approximate surface area is 134 Å². The molecule has 2 aromatic carbocycles. The average molecular weight is 337 g/mol. The molecule has 1 fully saturated rings. The largest absolute Gasteiger partial charge is 0.203 e. The van der Waals surface area contributed by atoms with Gasteiger partial charge in [-0.2, -0.15) is 5.26 Å². The lowest BCUT2D eigenvalue weighted by molar-refractivity contribution is 0.430. The van der Waals surface area contributed by atoms with E-state index in [2.05, 4.69) is 0 Å². The Hall–Kier alpha value is -2.00. The van der Waals surface area contributed by atoms with Crippen molar-refractivity contribution < 1.29 is 17.6 Å². The Morgan fingerprint density at radius 1 is 0.957 bits per heavy atom. The molecule has 1 aliphatic carbocycles. The number of benzene rings is 2. The van der Waals surface area contributed by atoms with Gasteiger partial charge in [0.15, 0.2) is 23.3 Å². The van der Waals surface area contributed by atoms with Gasteiger partial charge in [0, 0.05) is 0 Å². The summed E-state index contributed by atoms with van der Waals surface area (Å²) in [7, 11) is 0. The summed E-state index contributed by atoms with van der Waals surface area (Å²) < 4.78 is 56.0. The highest BCUT2D eigenvalue weighted by Crippen LogP contribution is 2.37. The molecule has 23 heavy (non-hydrogen) atoms. The molecule has 3 rings (SSSR count). The second-order valence-corrected chi connectivity index (χ2v) is 6.29. The highest BCUT2D eigenvalue weighted by Gasteiger charge is 2.27. The number of halogens is 4. The summed E-state index contributed by atoms with van der Waals surface area (Å²) in [5.74, 6) is -5.42. The monoisotopic (exact) mass is 337 g/mol. The van der Waals surface area contributed by atoms with Crippen molar-refractivity contribution in [3.05, 3.63) is 53.1 Å².